The normalized spacial score (nSPS) is 10.2. The summed E-state index contributed by atoms with van der Waals surface area (Å²) in [6.07, 6.45) is 8.20. The molecule has 0 unspecified atom stereocenters. The van der Waals surface area contributed by atoms with Gasteiger partial charge in [0.2, 0.25) is 23.1 Å². The zero-order valence-electron chi connectivity index (χ0n) is 13.5. The molecule has 1 aromatic heterocycles. The van der Waals surface area contributed by atoms with E-state index in [9.17, 15) is 4.79 Å². The molecule has 126 valence electrons. The molecule has 23 heavy (non-hydrogen) atoms. The van der Waals surface area contributed by atoms with E-state index in [-0.39, 0.29) is 23.8 Å². The monoisotopic (exact) mass is 338 g/mol. The summed E-state index contributed by atoms with van der Waals surface area (Å²) in [5.41, 5.74) is 0. The minimum atomic E-state index is -0.00967. The van der Waals surface area contributed by atoms with E-state index in [1.165, 1.54) is 0 Å². The van der Waals surface area contributed by atoms with Gasteiger partial charge in [-0.25, -0.2) is 0 Å². The largest absolute Gasteiger partial charge is 0.354 e. The number of carbonyl (C=O) groups excluding carboxylic acids is 1. The lowest BCUT2D eigenvalue weighted by molar-refractivity contribution is -0.120. The van der Waals surface area contributed by atoms with Crippen LogP contribution in [0.1, 0.15) is 39.5 Å². The molecule has 1 rings (SSSR count). The predicted molar refractivity (Wildman–Crippen MR) is 92.4 cm³/mol. The van der Waals surface area contributed by atoms with Crippen LogP contribution in [-0.4, -0.2) is 40.0 Å². The molecule has 0 bridgehead atoms. The first-order valence-corrected chi connectivity index (χ1v) is 8.01. The van der Waals surface area contributed by atoms with Crippen LogP contribution < -0.4 is 16.0 Å². The molecule has 0 aliphatic heterocycles. The summed E-state index contributed by atoms with van der Waals surface area (Å²) in [5, 5.41) is 8.98. The zero-order chi connectivity index (χ0) is 17.1. The van der Waals surface area contributed by atoms with Gasteiger partial charge in [-0.3, -0.25) is 4.79 Å². The van der Waals surface area contributed by atoms with Crippen LogP contribution in [0.15, 0.2) is 0 Å². The van der Waals surface area contributed by atoms with Crippen LogP contribution in [-0.2, 0) is 4.79 Å². The molecule has 3 N–H and O–H groups in total. The van der Waals surface area contributed by atoms with Gasteiger partial charge in [0.1, 0.15) is 0 Å². The first-order chi connectivity index (χ1) is 11.0. The number of hydrogen-bond donors (Lipinski definition) is 3. The molecular formula is C15H23ClN6O. The van der Waals surface area contributed by atoms with Gasteiger partial charge in [-0.1, -0.05) is 12.3 Å². The predicted octanol–water partition coefficient (Wildman–Crippen LogP) is 2.07. The minimum absolute atomic E-state index is 0.00967. The molecule has 0 fully saturated rings. The Balaban J connectivity index is 2.24. The van der Waals surface area contributed by atoms with Crippen molar-refractivity contribution in [2.45, 2.75) is 45.6 Å². The Kier molecular flexibility index (Phi) is 8.76. The van der Waals surface area contributed by atoms with Gasteiger partial charge in [0.25, 0.3) is 0 Å². The Hall–Kier alpha value is -2.07. The molecule has 0 atom stereocenters. The lowest BCUT2D eigenvalue weighted by Gasteiger charge is -2.10. The Morgan fingerprint density at radius 2 is 1.96 bits per heavy atom. The first kappa shape index (κ1) is 19.0. The standard InChI is InChI=1S/C15H23ClN6O/c1-4-9-17-12(23)8-6-5-7-10-18-14-20-13(16)21-15(22-14)19-11(2)3/h1,11H,5-10H2,2-3H3,(H,17,23)(H2,18,19,20,21,22). The maximum atomic E-state index is 11.3. The van der Waals surface area contributed by atoms with Crippen molar-refractivity contribution in [3.05, 3.63) is 5.28 Å². The SMILES string of the molecule is C#CCNC(=O)CCCCCNc1nc(Cl)nc(NC(C)C)n1. The summed E-state index contributed by atoms with van der Waals surface area (Å²) >= 11 is 5.87. The molecule has 0 saturated heterocycles. The lowest BCUT2D eigenvalue weighted by Crippen LogP contribution is -2.22. The van der Waals surface area contributed by atoms with E-state index in [1.807, 2.05) is 13.8 Å². The fraction of sp³-hybridized carbons (Fsp3) is 0.600. The highest BCUT2D eigenvalue weighted by Crippen LogP contribution is 2.10. The quantitative estimate of drug-likeness (QED) is 0.447. The van der Waals surface area contributed by atoms with Gasteiger partial charge in [0, 0.05) is 19.0 Å². The third-order valence-corrected chi connectivity index (χ3v) is 2.95. The number of terminal acetylenes is 1. The summed E-state index contributed by atoms with van der Waals surface area (Å²) < 4.78 is 0. The van der Waals surface area contributed by atoms with Crippen molar-refractivity contribution in [2.24, 2.45) is 0 Å². The van der Waals surface area contributed by atoms with Gasteiger partial charge >= 0.3 is 0 Å². The van der Waals surface area contributed by atoms with E-state index >= 15 is 0 Å². The number of unbranched alkanes of at least 4 members (excludes halogenated alkanes) is 2. The Labute approximate surface area is 142 Å². The first-order valence-electron chi connectivity index (χ1n) is 7.63. The third kappa shape index (κ3) is 8.83. The van der Waals surface area contributed by atoms with Crippen molar-refractivity contribution in [1.29, 1.82) is 0 Å². The van der Waals surface area contributed by atoms with Crippen molar-refractivity contribution in [1.82, 2.24) is 20.3 Å². The number of carbonyl (C=O) groups is 1. The van der Waals surface area contributed by atoms with Crippen LogP contribution in [0.4, 0.5) is 11.9 Å². The highest BCUT2D eigenvalue weighted by molar-refractivity contribution is 6.28. The van der Waals surface area contributed by atoms with Crippen molar-refractivity contribution >= 4 is 29.4 Å². The van der Waals surface area contributed by atoms with Crippen molar-refractivity contribution in [2.75, 3.05) is 23.7 Å². The molecule has 1 amide bonds. The van der Waals surface area contributed by atoms with E-state index in [2.05, 4.69) is 36.8 Å². The van der Waals surface area contributed by atoms with Crippen LogP contribution in [0.3, 0.4) is 0 Å². The maximum Gasteiger partial charge on any atom is 0.228 e. The number of anilines is 2. The van der Waals surface area contributed by atoms with Crippen LogP contribution in [0.25, 0.3) is 0 Å². The fourth-order valence-corrected chi connectivity index (χ4v) is 1.94. The van der Waals surface area contributed by atoms with Gasteiger partial charge in [0.15, 0.2) is 0 Å². The summed E-state index contributed by atoms with van der Waals surface area (Å²) in [7, 11) is 0. The van der Waals surface area contributed by atoms with Crippen molar-refractivity contribution in [3.8, 4) is 12.3 Å². The van der Waals surface area contributed by atoms with Crippen LogP contribution >= 0.6 is 11.6 Å². The Morgan fingerprint density at radius 1 is 1.22 bits per heavy atom. The molecule has 0 aliphatic carbocycles. The van der Waals surface area contributed by atoms with Gasteiger partial charge in [-0.15, -0.1) is 6.42 Å². The molecule has 0 aromatic carbocycles. The summed E-state index contributed by atoms with van der Waals surface area (Å²) in [6.45, 7) is 4.97. The van der Waals surface area contributed by atoms with Gasteiger partial charge in [-0.2, -0.15) is 15.0 Å². The van der Waals surface area contributed by atoms with E-state index in [0.717, 1.165) is 19.3 Å². The number of rotatable bonds is 10. The average molecular weight is 339 g/mol. The summed E-state index contributed by atoms with van der Waals surface area (Å²) in [4.78, 5) is 23.6. The number of amides is 1. The summed E-state index contributed by atoms with van der Waals surface area (Å²) in [5.74, 6) is 3.26. The molecule has 0 radical (unpaired) electrons. The lowest BCUT2D eigenvalue weighted by atomic mass is 10.2. The number of nitrogens with zero attached hydrogens (tertiary/aromatic N) is 3. The molecule has 0 saturated carbocycles. The minimum Gasteiger partial charge on any atom is -0.354 e. The highest BCUT2D eigenvalue weighted by atomic mass is 35.5. The van der Waals surface area contributed by atoms with E-state index in [4.69, 9.17) is 18.0 Å². The number of hydrogen-bond acceptors (Lipinski definition) is 6. The van der Waals surface area contributed by atoms with Crippen LogP contribution in [0.5, 0.6) is 0 Å². The smallest absolute Gasteiger partial charge is 0.228 e. The number of halogens is 1. The van der Waals surface area contributed by atoms with E-state index < -0.39 is 0 Å². The second kappa shape index (κ2) is 10.6. The van der Waals surface area contributed by atoms with Gasteiger partial charge in [-0.05, 0) is 38.3 Å². The second-order valence-corrected chi connectivity index (χ2v) is 5.61. The fourth-order valence-electron chi connectivity index (χ4n) is 1.78. The molecular weight excluding hydrogens is 316 g/mol. The van der Waals surface area contributed by atoms with Crippen LogP contribution in [0.2, 0.25) is 5.28 Å². The highest BCUT2D eigenvalue weighted by Gasteiger charge is 2.05. The van der Waals surface area contributed by atoms with Crippen molar-refractivity contribution < 1.29 is 4.79 Å². The van der Waals surface area contributed by atoms with Crippen molar-refractivity contribution in [3.63, 3.8) is 0 Å². The molecule has 0 spiro atoms. The van der Waals surface area contributed by atoms with Crippen LogP contribution in [0, 0.1) is 12.3 Å². The molecule has 0 aliphatic rings. The number of aromatic nitrogens is 3. The molecule has 1 aromatic rings. The van der Waals surface area contributed by atoms with Gasteiger partial charge in [0.05, 0.1) is 6.54 Å². The summed E-state index contributed by atoms with van der Waals surface area (Å²) in [6, 6.07) is 0.210. The van der Waals surface area contributed by atoms with E-state index in [1.54, 1.807) is 0 Å². The topological polar surface area (TPSA) is 91.8 Å². The average Bonchev–Trinajstić information content (AvgIpc) is 2.47. The van der Waals surface area contributed by atoms with Gasteiger partial charge < -0.3 is 16.0 Å². The molecule has 7 nitrogen and oxygen atoms in total. The van der Waals surface area contributed by atoms with E-state index in [0.29, 0.717) is 24.9 Å². The maximum absolute atomic E-state index is 11.3. The molecule has 1 heterocycles. The Bertz CT molecular complexity index is 543. The number of nitrogens with one attached hydrogen (secondary N) is 3. The zero-order valence-corrected chi connectivity index (χ0v) is 14.3. The third-order valence-electron chi connectivity index (χ3n) is 2.78. The Morgan fingerprint density at radius 3 is 2.65 bits per heavy atom. The second-order valence-electron chi connectivity index (χ2n) is 5.27. The molecule has 8 heteroatoms.